The van der Waals surface area contributed by atoms with Gasteiger partial charge in [-0.2, -0.15) is 5.10 Å². The van der Waals surface area contributed by atoms with Crippen LogP contribution in [0.5, 0.6) is 11.5 Å². The molecule has 0 spiro atoms. The van der Waals surface area contributed by atoms with Crippen LogP contribution in [0.15, 0.2) is 41.5 Å². The molecule has 0 aromatic heterocycles. The summed E-state index contributed by atoms with van der Waals surface area (Å²) >= 11 is 4.96. The summed E-state index contributed by atoms with van der Waals surface area (Å²) in [5.74, 6) is 1.35. The Morgan fingerprint density at radius 2 is 1.96 bits per heavy atom. The summed E-state index contributed by atoms with van der Waals surface area (Å²) in [5.41, 5.74) is 7.18. The molecule has 5 nitrogen and oxygen atoms in total. The molecule has 0 atom stereocenters. The van der Waals surface area contributed by atoms with Crippen LogP contribution in [0.4, 0.5) is 0 Å². The standard InChI is InChI=1S/C19H23N3O2S/c1-13-5-6-14(2)16(9-13)12-24-17-8-7-15(10-18(17)23-4)11-21-22-19(25)20-3/h5-11H,12H2,1-4H3,(H2,20,22,25)/b21-11+. The van der Waals surface area contributed by atoms with E-state index >= 15 is 0 Å². The molecule has 0 radical (unpaired) electrons. The van der Waals surface area contributed by atoms with E-state index in [1.807, 2.05) is 18.2 Å². The van der Waals surface area contributed by atoms with E-state index in [-0.39, 0.29) is 0 Å². The predicted molar refractivity (Wildman–Crippen MR) is 106 cm³/mol. The topological polar surface area (TPSA) is 54.9 Å². The molecule has 0 heterocycles. The highest BCUT2D eigenvalue weighted by Gasteiger charge is 2.07. The van der Waals surface area contributed by atoms with Crippen molar-refractivity contribution in [2.24, 2.45) is 5.10 Å². The van der Waals surface area contributed by atoms with E-state index in [1.54, 1.807) is 20.4 Å². The third kappa shape index (κ3) is 5.46. The Kier molecular flexibility index (Phi) is 6.77. The van der Waals surface area contributed by atoms with Crippen molar-refractivity contribution in [3.63, 3.8) is 0 Å². The summed E-state index contributed by atoms with van der Waals surface area (Å²) in [4.78, 5) is 0. The quantitative estimate of drug-likeness (QED) is 0.472. The third-order valence-electron chi connectivity index (χ3n) is 3.68. The lowest BCUT2D eigenvalue weighted by Gasteiger charge is -2.13. The molecule has 0 aliphatic carbocycles. The smallest absolute Gasteiger partial charge is 0.186 e. The molecule has 0 fully saturated rings. The minimum atomic E-state index is 0.455. The number of methoxy groups -OCH3 is 1. The number of benzene rings is 2. The molecular formula is C19H23N3O2S. The highest BCUT2D eigenvalue weighted by Crippen LogP contribution is 2.28. The first-order valence-electron chi connectivity index (χ1n) is 7.91. The van der Waals surface area contributed by atoms with Crippen LogP contribution in [0.2, 0.25) is 0 Å². The number of nitrogens with zero attached hydrogens (tertiary/aromatic N) is 1. The fourth-order valence-corrected chi connectivity index (χ4v) is 2.27. The molecule has 0 bridgehead atoms. The molecule has 2 aromatic carbocycles. The molecule has 2 N–H and O–H groups in total. The van der Waals surface area contributed by atoms with Crippen LogP contribution >= 0.6 is 12.2 Å². The average Bonchev–Trinajstić information content (AvgIpc) is 2.62. The van der Waals surface area contributed by atoms with Crippen LogP contribution in [0.1, 0.15) is 22.3 Å². The Hall–Kier alpha value is -2.60. The highest BCUT2D eigenvalue weighted by atomic mass is 32.1. The molecule has 132 valence electrons. The Balaban J connectivity index is 2.08. The number of nitrogens with one attached hydrogen (secondary N) is 2. The van der Waals surface area contributed by atoms with Crippen molar-refractivity contribution in [1.82, 2.24) is 10.7 Å². The first-order valence-corrected chi connectivity index (χ1v) is 8.32. The summed E-state index contributed by atoms with van der Waals surface area (Å²) in [6, 6.07) is 12.0. The Bertz CT molecular complexity index is 775. The Labute approximate surface area is 154 Å². The van der Waals surface area contributed by atoms with Crippen molar-refractivity contribution in [2.45, 2.75) is 20.5 Å². The predicted octanol–water partition coefficient (Wildman–Crippen LogP) is 3.32. The van der Waals surface area contributed by atoms with E-state index in [2.05, 4.69) is 47.9 Å². The summed E-state index contributed by atoms with van der Waals surface area (Å²) in [5, 5.41) is 7.30. The zero-order valence-electron chi connectivity index (χ0n) is 14.9. The van der Waals surface area contributed by atoms with Crippen molar-refractivity contribution in [3.8, 4) is 11.5 Å². The maximum Gasteiger partial charge on any atom is 0.186 e. The molecule has 0 unspecified atom stereocenters. The highest BCUT2D eigenvalue weighted by molar-refractivity contribution is 7.80. The van der Waals surface area contributed by atoms with E-state index in [0.717, 1.165) is 11.1 Å². The second-order valence-electron chi connectivity index (χ2n) is 5.58. The summed E-state index contributed by atoms with van der Waals surface area (Å²) in [6.45, 7) is 4.65. The van der Waals surface area contributed by atoms with Gasteiger partial charge in [-0.15, -0.1) is 0 Å². The van der Waals surface area contributed by atoms with Gasteiger partial charge in [0, 0.05) is 7.05 Å². The molecule has 0 saturated heterocycles. The van der Waals surface area contributed by atoms with Crippen LogP contribution in [-0.4, -0.2) is 25.5 Å². The first-order chi connectivity index (χ1) is 12.0. The zero-order chi connectivity index (χ0) is 18.2. The number of thiocarbonyl (C=S) groups is 1. The maximum absolute atomic E-state index is 5.95. The van der Waals surface area contributed by atoms with Gasteiger partial charge in [0.1, 0.15) is 6.61 Å². The normalized spacial score (nSPS) is 10.6. The third-order valence-corrected chi connectivity index (χ3v) is 3.98. The number of hydrazone groups is 1. The SMILES string of the molecule is CNC(=S)N/N=C/c1ccc(OCc2cc(C)ccc2C)c(OC)c1. The zero-order valence-corrected chi connectivity index (χ0v) is 15.7. The van der Waals surface area contributed by atoms with Crippen molar-refractivity contribution >= 4 is 23.5 Å². The Morgan fingerprint density at radius 3 is 2.68 bits per heavy atom. The van der Waals surface area contributed by atoms with Gasteiger partial charge in [-0.3, -0.25) is 5.43 Å². The molecule has 0 saturated carbocycles. The molecule has 2 rings (SSSR count). The van der Waals surface area contributed by atoms with Gasteiger partial charge in [0.05, 0.1) is 13.3 Å². The van der Waals surface area contributed by atoms with Gasteiger partial charge in [-0.25, -0.2) is 0 Å². The number of hydrogen-bond donors (Lipinski definition) is 2. The van der Waals surface area contributed by atoms with Crippen molar-refractivity contribution in [3.05, 3.63) is 58.7 Å². The molecule has 2 aromatic rings. The van der Waals surface area contributed by atoms with Gasteiger partial charge in [0.15, 0.2) is 16.6 Å². The molecule has 0 amide bonds. The fraction of sp³-hybridized carbons (Fsp3) is 0.263. The lowest BCUT2D eigenvalue weighted by atomic mass is 10.1. The van der Waals surface area contributed by atoms with Gasteiger partial charge in [0.2, 0.25) is 0 Å². The van der Waals surface area contributed by atoms with Crippen LogP contribution in [0, 0.1) is 13.8 Å². The molecular weight excluding hydrogens is 334 g/mol. The average molecular weight is 357 g/mol. The van der Waals surface area contributed by atoms with E-state index in [4.69, 9.17) is 21.7 Å². The molecule has 0 aliphatic heterocycles. The van der Waals surface area contributed by atoms with Crippen LogP contribution in [-0.2, 0) is 6.61 Å². The van der Waals surface area contributed by atoms with Gasteiger partial charge >= 0.3 is 0 Å². The van der Waals surface area contributed by atoms with Crippen molar-refractivity contribution in [1.29, 1.82) is 0 Å². The number of ether oxygens (including phenoxy) is 2. The number of aryl methyl sites for hydroxylation is 2. The lowest BCUT2D eigenvalue weighted by molar-refractivity contribution is 0.284. The minimum Gasteiger partial charge on any atom is -0.493 e. The van der Waals surface area contributed by atoms with E-state index in [0.29, 0.717) is 23.2 Å². The van der Waals surface area contributed by atoms with Gasteiger partial charge in [0.25, 0.3) is 0 Å². The second kappa shape index (κ2) is 9.03. The number of hydrogen-bond acceptors (Lipinski definition) is 4. The van der Waals surface area contributed by atoms with E-state index in [9.17, 15) is 0 Å². The molecule has 0 aliphatic rings. The van der Waals surface area contributed by atoms with Gasteiger partial charge in [-0.05, 0) is 61.0 Å². The summed E-state index contributed by atoms with van der Waals surface area (Å²) in [6.07, 6.45) is 1.67. The lowest BCUT2D eigenvalue weighted by Crippen LogP contribution is -2.28. The maximum atomic E-state index is 5.95. The van der Waals surface area contributed by atoms with E-state index in [1.165, 1.54) is 11.1 Å². The summed E-state index contributed by atoms with van der Waals surface area (Å²) in [7, 11) is 3.35. The van der Waals surface area contributed by atoms with Gasteiger partial charge in [-0.1, -0.05) is 23.8 Å². The minimum absolute atomic E-state index is 0.455. The monoisotopic (exact) mass is 357 g/mol. The van der Waals surface area contributed by atoms with Crippen molar-refractivity contribution < 1.29 is 9.47 Å². The van der Waals surface area contributed by atoms with Crippen molar-refractivity contribution in [2.75, 3.05) is 14.2 Å². The first kappa shape index (κ1) is 18.7. The van der Waals surface area contributed by atoms with Crippen LogP contribution in [0.25, 0.3) is 0 Å². The summed E-state index contributed by atoms with van der Waals surface area (Å²) < 4.78 is 11.4. The fourth-order valence-electron chi connectivity index (χ4n) is 2.22. The van der Waals surface area contributed by atoms with Crippen LogP contribution < -0.4 is 20.2 Å². The Morgan fingerprint density at radius 1 is 1.16 bits per heavy atom. The van der Waals surface area contributed by atoms with Gasteiger partial charge < -0.3 is 14.8 Å². The number of rotatable bonds is 6. The van der Waals surface area contributed by atoms with Crippen LogP contribution in [0.3, 0.4) is 0 Å². The molecule has 25 heavy (non-hydrogen) atoms. The second-order valence-corrected chi connectivity index (χ2v) is 5.99. The molecule has 6 heteroatoms. The largest absolute Gasteiger partial charge is 0.493 e. The van der Waals surface area contributed by atoms with E-state index < -0.39 is 0 Å².